The molecule has 0 aliphatic carbocycles. The smallest absolute Gasteiger partial charge is 0.390 e. The van der Waals surface area contributed by atoms with Crippen molar-refractivity contribution in [3.8, 4) is 17.1 Å². The minimum absolute atomic E-state index is 0.352. The Labute approximate surface area is 112 Å². The molecule has 0 aliphatic rings. The number of ether oxygens (including phenoxy) is 1. The Bertz CT molecular complexity index is 735. The number of rotatable bonds is 2. The maximum Gasteiger partial charge on any atom is 0.574 e. The van der Waals surface area contributed by atoms with Gasteiger partial charge in [0.15, 0.2) is 0 Å². The van der Waals surface area contributed by atoms with Gasteiger partial charge in [0.05, 0.1) is 5.69 Å². The number of halogens is 3. The van der Waals surface area contributed by atoms with E-state index in [9.17, 15) is 13.2 Å². The summed E-state index contributed by atoms with van der Waals surface area (Å²) in [7, 11) is 0. The Morgan fingerprint density at radius 1 is 1.00 bits per heavy atom. The van der Waals surface area contributed by atoms with Gasteiger partial charge in [0, 0.05) is 17.0 Å². The minimum atomic E-state index is -4.72. The fraction of sp³-hybridized carbons (Fsp3) is 0.0714. The fourth-order valence-electron chi connectivity index (χ4n) is 1.93. The molecule has 3 nitrogen and oxygen atoms in total. The van der Waals surface area contributed by atoms with E-state index < -0.39 is 6.36 Å². The van der Waals surface area contributed by atoms with Crippen molar-refractivity contribution in [1.29, 1.82) is 0 Å². The van der Waals surface area contributed by atoms with Crippen molar-refractivity contribution in [1.82, 2.24) is 9.97 Å². The van der Waals surface area contributed by atoms with Crippen molar-refractivity contribution in [2.75, 3.05) is 0 Å². The van der Waals surface area contributed by atoms with Crippen LogP contribution in [0.5, 0.6) is 5.88 Å². The number of hydrogen-bond acceptors (Lipinski definition) is 2. The largest absolute Gasteiger partial charge is 0.574 e. The zero-order chi connectivity index (χ0) is 14.2. The molecular formula is C14H9F3N2O. The Morgan fingerprint density at radius 3 is 2.45 bits per heavy atom. The molecule has 0 radical (unpaired) electrons. The van der Waals surface area contributed by atoms with E-state index in [1.807, 2.05) is 30.3 Å². The van der Waals surface area contributed by atoms with Crippen molar-refractivity contribution in [2.45, 2.75) is 6.36 Å². The summed E-state index contributed by atoms with van der Waals surface area (Å²) in [6, 6.07) is 14.1. The second-order valence-corrected chi connectivity index (χ2v) is 4.18. The van der Waals surface area contributed by atoms with Gasteiger partial charge >= 0.3 is 6.36 Å². The number of fused-ring (bicyclic) bond motifs is 1. The molecule has 0 saturated heterocycles. The van der Waals surface area contributed by atoms with E-state index in [2.05, 4.69) is 14.7 Å². The van der Waals surface area contributed by atoms with Crippen LogP contribution in [0.3, 0.4) is 0 Å². The lowest BCUT2D eigenvalue weighted by atomic mass is 10.1. The molecule has 3 aromatic rings. The number of pyridine rings is 1. The highest BCUT2D eigenvalue weighted by atomic mass is 19.4. The summed E-state index contributed by atoms with van der Waals surface area (Å²) in [6.07, 6.45) is -4.72. The van der Waals surface area contributed by atoms with Crippen molar-refractivity contribution in [2.24, 2.45) is 0 Å². The van der Waals surface area contributed by atoms with Gasteiger partial charge < -0.3 is 9.72 Å². The van der Waals surface area contributed by atoms with Crippen molar-refractivity contribution in [3.05, 3.63) is 48.5 Å². The standard InChI is InChI=1S/C14H9F3N2O/c15-14(16,17)20-12-8-10-6-7-11(18-13(10)19-12)9-4-2-1-3-5-9/h1-8H,(H,18,19). The highest BCUT2D eigenvalue weighted by Crippen LogP contribution is 2.27. The number of benzene rings is 1. The van der Waals surface area contributed by atoms with Gasteiger partial charge in [0.2, 0.25) is 5.88 Å². The number of nitrogens with zero attached hydrogens (tertiary/aromatic N) is 1. The number of aromatic nitrogens is 2. The summed E-state index contributed by atoms with van der Waals surface area (Å²) in [5.41, 5.74) is 1.92. The van der Waals surface area contributed by atoms with E-state index in [0.717, 1.165) is 5.56 Å². The first-order valence-corrected chi connectivity index (χ1v) is 5.82. The average Bonchev–Trinajstić information content (AvgIpc) is 2.78. The van der Waals surface area contributed by atoms with Crippen LogP contribution >= 0.6 is 0 Å². The Kier molecular flexibility index (Phi) is 2.85. The van der Waals surface area contributed by atoms with Crippen molar-refractivity contribution in [3.63, 3.8) is 0 Å². The third kappa shape index (κ3) is 2.59. The molecule has 0 saturated carbocycles. The van der Waals surface area contributed by atoms with Crippen LogP contribution in [0.15, 0.2) is 48.5 Å². The third-order valence-electron chi connectivity index (χ3n) is 2.75. The molecule has 0 aliphatic heterocycles. The highest BCUT2D eigenvalue weighted by molar-refractivity contribution is 5.80. The van der Waals surface area contributed by atoms with Gasteiger partial charge in [-0.1, -0.05) is 30.3 Å². The van der Waals surface area contributed by atoms with E-state index in [1.54, 1.807) is 12.1 Å². The molecule has 0 spiro atoms. The van der Waals surface area contributed by atoms with Crippen LogP contribution in [-0.4, -0.2) is 16.3 Å². The molecule has 0 amide bonds. The predicted octanol–water partition coefficient (Wildman–Crippen LogP) is 4.13. The summed E-state index contributed by atoms with van der Waals surface area (Å²) in [4.78, 5) is 6.80. The molecule has 2 aromatic heterocycles. The second-order valence-electron chi connectivity index (χ2n) is 4.18. The molecule has 20 heavy (non-hydrogen) atoms. The summed E-state index contributed by atoms with van der Waals surface area (Å²) >= 11 is 0. The zero-order valence-corrected chi connectivity index (χ0v) is 10.1. The van der Waals surface area contributed by atoms with E-state index in [4.69, 9.17) is 0 Å². The normalized spacial score (nSPS) is 11.8. The van der Waals surface area contributed by atoms with Crippen LogP contribution in [0, 0.1) is 0 Å². The first-order valence-electron chi connectivity index (χ1n) is 5.82. The zero-order valence-electron chi connectivity index (χ0n) is 10.1. The molecule has 0 unspecified atom stereocenters. The lowest BCUT2D eigenvalue weighted by Gasteiger charge is -2.05. The van der Waals surface area contributed by atoms with Crippen LogP contribution in [0.2, 0.25) is 0 Å². The lowest BCUT2D eigenvalue weighted by molar-refractivity contribution is -0.275. The molecule has 1 N–H and O–H groups in total. The fourth-order valence-corrected chi connectivity index (χ4v) is 1.93. The third-order valence-corrected chi connectivity index (χ3v) is 2.75. The predicted molar refractivity (Wildman–Crippen MR) is 68.2 cm³/mol. The number of H-pyrrole nitrogens is 1. The molecule has 0 fully saturated rings. The van der Waals surface area contributed by atoms with E-state index in [1.165, 1.54) is 6.07 Å². The molecular weight excluding hydrogens is 269 g/mol. The second kappa shape index (κ2) is 4.56. The average molecular weight is 278 g/mol. The van der Waals surface area contributed by atoms with Gasteiger partial charge in [-0.15, -0.1) is 13.2 Å². The quantitative estimate of drug-likeness (QED) is 0.765. The first-order chi connectivity index (χ1) is 9.51. The van der Waals surface area contributed by atoms with Gasteiger partial charge in [-0.25, -0.2) is 4.98 Å². The minimum Gasteiger partial charge on any atom is -0.390 e. The first kappa shape index (κ1) is 12.5. The number of hydrogen-bond donors (Lipinski definition) is 1. The molecule has 3 rings (SSSR count). The van der Waals surface area contributed by atoms with Gasteiger partial charge in [-0.05, 0) is 12.1 Å². The lowest BCUT2D eigenvalue weighted by Crippen LogP contribution is -2.17. The van der Waals surface area contributed by atoms with E-state index in [-0.39, 0.29) is 5.88 Å². The van der Waals surface area contributed by atoms with E-state index >= 15 is 0 Å². The molecule has 6 heteroatoms. The van der Waals surface area contributed by atoms with Crippen LogP contribution in [0.4, 0.5) is 13.2 Å². The Balaban J connectivity index is 2.00. The molecule has 0 atom stereocenters. The summed E-state index contributed by atoms with van der Waals surface area (Å²) in [5, 5.41) is 0.559. The number of alkyl halides is 3. The maximum atomic E-state index is 12.2. The number of aromatic amines is 1. The van der Waals surface area contributed by atoms with Crippen LogP contribution in [0.1, 0.15) is 0 Å². The van der Waals surface area contributed by atoms with E-state index in [0.29, 0.717) is 16.7 Å². The van der Waals surface area contributed by atoms with Gasteiger partial charge in [0.1, 0.15) is 5.65 Å². The topological polar surface area (TPSA) is 37.9 Å². The van der Waals surface area contributed by atoms with Gasteiger partial charge in [-0.3, -0.25) is 0 Å². The summed E-state index contributed by atoms with van der Waals surface area (Å²) < 4.78 is 40.3. The van der Waals surface area contributed by atoms with Crippen molar-refractivity contribution < 1.29 is 17.9 Å². The van der Waals surface area contributed by atoms with Crippen LogP contribution in [0.25, 0.3) is 22.3 Å². The van der Waals surface area contributed by atoms with Gasteiger partial charge in [0.25, 0.3) is 0 Å². The molecule has 2 heterocycles. The SMILES string of the molecule is FC(F)(F)Oc1cc2ccc(-c3ccccc3)nc2[nH]1. The van der Waals surface area contributed by atoms with Crippen LogP contribution < -0.4 is 4.74 Å². The molecule has 1 aromatic carbocycles. The highest BCUT2D eigenvalue weighted by Gasteiger charge is 2.31. The van der Waals surface area contributed by atoms with Gasteiger partial charge in [-0.2, -0.15) is 0 Å². The summed E-state index contributed by atoms with van der Waals surface area (Å²) in [6.45, 7) is 0. The number of nitrogens with one attached hydrogen (secondary N) is 1. The summed E-state index contributed by atoms with van der Waals surface area (Å²) in [5.74, 6) is -0.370. The Hall–Kier alpha value is -2.50. The maximum absolute atomic E-state index is 12.2. The van der Waals surface area contributed by atoms with Crippen molar-refractivity contribution >= 4 is 11.0 Å². The van der Waals surface area contributed by atoms with Crippen LogP contribution in [-0.2, 0) is 0 Å². The monoisotopic (exact) mass is 278 g/mol. The molecule has 0 bridgehead atoms. The Morgan fingerprint density at radius 2 is 1.75 bits per heavy atom. The molecule has 102 valence electrons.